The van der Waals surface area contributed by atoms with Crippen molar-refractivity contribution >= 4 is 35.2 Å². The van der Waals surface area contributed by atoms with Crippen LogP contribution in [0.25, 0.3) is 0 Å². The van der Waals surface area contributed by atoms with Gasteiger partial charge in [-0.15, -0.1) is 11.8 Å². The topological polar surface area (TPSA) is 98.7 Å². The number of nitrogens with zero attached hydrogens (tertiary/aromatic N) is 1. The van der Waals surface area contributed by atoms with Gasteiger partial charge in [0.15, 0.2) is 0 Å². The maximum Gasteiger partial charge on any atom is 0.244 e. The number of benzene rings is 2. The molecule has 3 aliphatic rings. The Hall–Kier alpha value is -2.84. The Morgan fingerprint density at radius 2 is 1.76 bits per heavy atom. The van der Waals surface area contributed by atoms with Gasteiger partial charge in [-0.25, -0.2) is 0 Å². The van der Waals surface area contributed by atoms with Crippen LogP contribution in [-0.4, -0.2) is 56.4 Å². The quantitative estimate of drug-likeness (QED) is 0.437. The molecule has 0 saturated carbocycles. The van der Waals surface area contributed by atoms with Gasteiger partial charge in [0.2, 0.25) is 17.7 Å². The van der Waals surface area contributed by atoms with Gasteiger partial charge >= 0.3 is 0 Å². The first kappa shape index (κ1) is 25.8. The van der Waals surface area contributed by atoms with Crippen LogP contribution in [0.5, 0.6) is 0 Å². The van der Waals surface area contributed by atoms with E-state index in [1.165, 1.54) is 0 Å². The van der Waals surface area contributed by atoms with Crippen molar-refractivity contribution in [2.24, 2.45) is 11.8 Å². The van der Waals surface area contributed by atoms with Gasteiger partial charge < -0.3 is 20.6 Å². The van der Waals surface area contributed by atoms with E-state index in [0.29, 0.717) is 18.7 Å². The standard InChI is InChI=1S/C29H35N3O4S/c1-3-4-17-30-26(35)24-29-16-15-28(2,37-29)22(25(34)31-20-13-9-6-10-14-20)23(29)27(36)32(24)21(18-33)19-11-7-5-8-12-19/h5-14,21-24,33H,3-4,15-18H2,1-2H3,(H,30,35)(H,31,34)/t21-,22+,23+,24?,28-,29?/m1/s1. The Morgan fingerprint density at radius 3 is 2.41 bits per heavy atom. The third-order valence-electron chi connectivity index (χ3n) is 8.31. The first-order chi connectivity index (χ1) is 17.9. The van der Waals surface area contributed by atoms with Crippen LogP contribution in [0.2, 0.25) is 0 Å². The molecule has 3 saturated heterocycles. The first-order valence-corrected chi connectivity index (χ1v) is 14.0. The Morgan fingerprint density at radius 1 is 1.08 bits per heavy atom. The lowest BCUT2D eigenvalue weighted by Crippen LogP contribution is -2.54. The summed E-state index contributed by atoms with van der Waals surface area (Å²) in [5.41, 5.74) is 1.46. The molecule has 3 heterocycles. The lowest BCUT2D eigenvalue weighted by atomic mass is 9.66. The average molecular weight is 522 g/mol. The number of nitrogens with one attached hydrogen (secondary N) is 2. The molecule has 6 atom stereocenters. The van der Waals surface area contributed by atoms with E-state index in [9.17, 15) is 19.5 Å². The van der Waals surface area contributed by atoms with Crippen molar-refractivity contribution < 1.29 is 19.5 Å². The molecule has 0 aliphatic carbocycles. The van der Waals surface area contributed by atoms with Crippen LogP contribution in [0, 0.1) is 11.8 Å². The van der Waals surface area contributed by atoms with E-state index in [-0.39, 0.29) is 24.3 Å². The monoisotopic (exact) mass is 521 g/mol. The number of hydrogen-bond donors (Lipinski definition) is 3. The molecule has 5 rings (SSSR count). The highest BCUT2D eigenvalue weighted by Gasteiger charge is 2.77. The number of para-hydroxylation sites is 1. The molecule has 0 aromatic heterocycles. The van der Waals surface area contributed by atoms with Crippen LogP contribution in [0.3, 0.4) is 0 Å². The fourth-order valence-corrected chi connectivity index (χ4v) is 9.00. The summed E-state index contributed by atoms with van der Waals surface area (Å²) in [7, 11) is 0. The number of unbranched alkanes of at least 4 members (excludes halogenated alkanes) is 1. The molecule has 2 unspecified atom stereocenters. The summed E-state index contributed by atoms with van der Waals surface area (Å²) in [6, 6.07) is 17.2. The van der Waals surface area contributed by atoms with Crippen LogP contribution < -0.4 is 10.6 Å². The van der Waals surface area contributed by atoms with E-state index >= 15 is 0 Å². The molecule has 2 aromatic rings. The zero-order valence-corrected chi connectivity index (χ0v) is 22.2. The lowest BCUT2D eigenvalue weighted by Gasteiger charge is -2.37. The van der Waals surface area contributed by atoms with Crippen LogP contribution >= 0.6 is 11.8 Å². The molecule has 8 heteroatoms. The summed E-state index contributed by atoms with van der Waals surface area (Å²) in [5, 5.41) is 16.6. The van der Waals surface area contributed by atoms with Gasteiger partial charge in [0, 0.05) is 17.0 Å². The number of carbonyl (C=O) groups excluding carboxylic acids is 3. The summed E-state index contributed by atoms with van der Waals surface area (Å²) in [4.78, 5) is 43.5. The fraction of sp³-hybridized carbons (Fsp3) is 0.483. The molecule has 3 fully saturated rings. The van der Waals surface area contributed by atoms with Gasteiger partial charge in [-0.05, 0) is 43.9 Å². The Labute approximate surface area is 222 Å². The first-order valence-electron chi connectivity index (χ1n) is 13.2. The van der Waals surface area contributed by atoms with Crippen molar-refractivity contribution in [3.8, 4) is 0 Å². The van der Waals surface area contributed by atoms with Crippen LogP contribution in [0.4, 0.5) is 5.69 Å². The van der Waals surface area contributed by atoms with Crippen molar-refractivity contribution in [3.63, 3.8) is 0 Å². The van der Waals surface area contributed by atoms with E-state index in [2.05, 4.69) is 24.5 Å². The highest BCUT2D eigenvalue weighted by Crippen LogP contribution is 2.72. The number of fused-ring (bicyclic) bond motifs is 1. The van der Waals surface area contributed by atoms with Crippen molar-refractivity contribution in [2.45, 2.75) is 61.1 Å². The lowest BCUT2D eigenvalue weighted by molar-refractivity contribution is -0.142. The molecule has 2 bridgehead atoms. The van der Waals surface area contributed by atoms with Gasteiger partial charge in [-0.2, -0.15) is 0 Å². The zero-order chi connectivity index (χ0) is 26.2. The predicted molar refractivity (Wildman–Crippen MR) is 145 cm³/mol. The maximum absolute atomic E-state index is 14.3. The molecule has 1 spiro atoms. The number of carbonyl (C=O) groups is 3. The van der Waals surface area contributed by atoms with Gasteiger partial charge in [0.1, 0.15) is 6.04 Å². The second-order valence-corrected chi connectivity index (χ2v) is 12.5. The Bertz CT molecular complexity index is 1160. The van der Waals surface area contributed by atoms with E-state index in [1.54, 1.807) is 16.7 Å². The molecule has 7 nitrogen and oxygen atoms in total. The molecule has 3 amide bonds. The average Bonchev–Trinajstić information content (AvgIpc) is 3.47. The Kier molecular flexibility index (Phi) is 7.07. The highest BCUT2D eigenvalue weighted by molar-refractivity contribution is 8.02. The second kappa shape index (κ2) is 10.1. The fourth-order valence-electron chi connectivity index (χ4n) is 6.66. The molecular formula is C29H35N3O4S. The smallest absolute Gasteiger partial charge is 0.244 e. The predicted octanol–water partition coefficient (Wildman–Crippen LogP) is 3.76. The number of aliphatic hydroxyl groups excluding tert-OH is 1. The molecule has 37 heavy (non-hydrogen) atoms. The van der Waals surface area contributed by atoms with E-state index < -0.39 is 33.4 Å². The number of rotatable bonds is 9. The van der Waals surface area contributed by atoms with Crippen LogP contribution in [0.15, 0.2) is 60.7 Å². The van der Waals surface area contributed by atoms with Crippen molar-refractivity contribution in [1.29, 1.82) is 0 Å². The SMILES string of the molecule is CCCCNC(=O)C1N([C@H](CO)c2ccccc2)C(=O)[C@@H]2[C@@H](C(=O)Nc3ccccc3)[C@@]3(C)CCC12S3. The van der Waals surface area contributed by atoms with Crippen molar-refractivity contribution in [3.05, 3.63) is 66.2 Å². The molecule has 3 aliphatic heterocycles. The normalized spacial score (nSPS) is 30.7. The molecule has 3 N–H and O–H groups in total. The number of amides is 3. The minimum absolute atomic E-state index is 0.187. The van der Waals surface area contributed by atoms with E-state index in [4.69, 9.17) is 0 Å². The van der Waals surface area contributed by atoms with Crippen molar-refractivity contribution in [1.82, 2.24) is 10.2 Å². The number of thioether (sulfide) groups is 1. The summed E-state index contributed by atoms with van der Waals surface area (Å²) >= 11 is 1.64. The van der Waals surface area contributed by atoms with Gasteiger partial charge in [-0.1, -0.05) is 61.9 Å². The zero-order valence-electron chi connectivity index (χ0n) is 21.4. The van der Waals surface area contributed by atoms with Crippen LogP contribution in [0.1, 0.15) is 51.1 Å². The van der Waals surface area contributed by atoms with Crippen molar-refractivity contribution in [2.75, 3.05) is 18.5 Å². The molecule has 2 aromatic carbocycles. The molecule has 196 valence electrons. The molecule has 0 radical (unpaired) electrons. The third-order valence-corrected chi connectivity index (χ3v) is 10.3. The number of anilines is 1. The maximum atomic E-state index is 14.3. The Balaban J connectivity index is 1.55. The van der Waals surface area contributed by atoms with Gasteiger partial charge in [0.25, 0.3) is 0 Å². The summed E-state index contributed by atoms with van der Waals surface area (Å²) in [5.74, 6) is -1.82. The van der Waals surface area contributed by atoms with Gasteiger partial charge in [0.05, 0.1) is 29.2 Å². The largest absolute Gasteiger partial charge is 0.394 e. The molecular weight excluding hydrogens is 486 g/mol. The minimum atomic E-state index is -0.763. The number of hydrogen-bond acceptors (Lipinski definition) is 5. The third kappa shape index (κ3) is 4.24. The van der Waals surface area contributed by atoms with E-state index in [1.807, 2.05) is 60.7 Å². The minimum Gasteiger partial charge on any atom is -0.394 e. The number of likely N-dealkylation sites (tertiary alicyclic amines) is 1. The highest BCUT2D eigenvalue weighted by atomic mass is 32.2. The van der Waals surface area contributed by atoms with Gasteiger partial charge in [-0.3, -0.25) is 14.4 Å². The van der Waals surface area contributed by atoms with Crippen LogP contribution in [-0.2, 0) is 14.4 Å². The second-order valence-electron chi connectivity index (χ2n) is 10.6. The summed E-state index contributed by atoms with van der Waals surface area (Å²) < 4.78 is -1.17. The van der Waals surface area contributed by atoms with E-state index in [0.717, 1.165) is 24.8 Å². The summed E-state index contributed by atoms with van der Waals surface area (Å²) in [6.45, 7) is 4.35. The number of aliphatic hydroxyl groups is 1. The summed E-state index contributed by atoms with van der Waals surface area (Å²) in [6.07, 6.45) is 3.21.